The summed E-state index contributed by atoms with van der Waals surface area (Å²) in [5, 5.41) is 0.873. The van der Waals surface area contributed by atoms with Crippen molar-refractivity contribution in [3.05, 3.63) is 11.5 Å². The molecule has 0 aromatic rings. The molecule has 0 aromatic carbocycles. The summed E-state index contributed by atoms with van der Waals surface area (Å²) >= 11 is 0. The lowest BCUT2D eigenvalue weighted by Gasteiger charge is -2.10. The molecule has 0 radical (unpaired) electrons. The fourth-order valence-corrected chi connectivity index (χ4v) is 0.461. The maximum atomic E-state index is 12.4. The Morgan fingerprint density at radius 2 is 1.33 bits per heavy atom. The molecule has 0 rings (SSSR count). The second-order valence-electron chi connectivity index (χ2n) is 2.16. The smallest absolute Gasteiger partial charge is 0.392 e. The van der Waals surface area contributed by atoms with Crippen molar-refractivity contribution >= 4 is 5.71 Å². The summed E-state index contributed by atoms with van der Waals surface area (Å²) < 4.78 is 93.5. The molecule has 88 valence electrons. The molecule has 0 heterocycles. The van der Waals surface area contributed by atoms with E-state index in [0.29, 0.717) is 0 Å². The second kappa shape index (κ2) is 4.03. The van der Waals surface area contributed by atoms with Crippen LogP contribution in [0.3, 0.4) is 0 Å². The first-order chi connectivity index (χ1) is 6.51. The van der Waals surface area contributed by atoms with E-state index in [1.807, 2.05) is 0 Å². The van der Waals surface area contributed by atoms with Crippen molar-refractivity contribution in [2.24, 2.45) is 10.9 Å². The molecule has 0 saturated carbocycles. The SMILES string of the molecule is N/C(=C(\F)C(=NF)C(F)(F)F)C(F)(F)F. The molecule has 0 aliphatic heterocycles. The van der Waals surface area contributed by atoms with E-state index in [0.717, 1.165) is 5.21 Å². The highest BCUT2D eigenvalue weighted by Crippen LogP contribution is 2.30. The van der Waals surface area contributed by atoms with Gasteiger partial charge in [-0.2, -0.15) is 26.3 Å². The summed E-state index contributed by atoms with van der Waals surface area (Å²) in [6.07, 6.45) is -11.2. The Morgan fingerprint density at radius 3 is 1.53 bits per heavy atom. The van der Waals surface area contributed by atoms with E-state index in [4.69, 9.17) is 0 Å². The van der Waals surface area contributed by atoms with E-state index >= 15 is 0 Å². The highest BCUT2D eigenvalue weighted by atomic mass is 19.4. The first kappa shape index (κ1) is 13.7. The third-order valence-electron chi connectivity index (χ3n) is 1.10. The minimum absolute atomic E-state index is 0.873. The Balaban J connectivity index is 5.42. The van der Waals surface area contributed by atoms with Crippen molar-refractivity contribution in [3.63, 3.8) is 0 Å². The van der Waals surface area contributed by atoms with Gasteiger partial charge < -0.3 is 5.73 Å². The van der Waals surface area contributed by atoms with E-state index in [9.17, 15) is 35.2 Å². The number of allylic oxidation sites excluding steroid dienone is 2. The van der Waals surface area contributed by atoms with E-state index < -0.39 is 29.6 Å². The molecule has 15 heavy (non-hydrogen) atoms. The van der Waals surface area contributed by atoms with Gasteiger partial charge in [0.25, 0.3) is 0 Å². The van der Waals surface area contributed by atoms with Gasteiger partial charge >= 0.3 is 12.4 Å². The topological polar surface area (TPSA) is 38.4 Å². The summed E-state index contributed by atoms with van der Waals surface area (Å²) in [7, 11) is 0. The summed E-state index contributed by atoms with van der Waals surface area (Å²) in [4.78, 5) is 0. The Morgan fingerprint density at radius 1 is 0.933 bits per heavy atom. The van der Waals surface area contributed by atoms with Gasteiger partial charge in [0, 0.05) is 0 Å². The Labute approximate surface area is 77.0 Å². The standard InChI is InChI=1S/C5H2F8N2/c6-1(2(14)4(7,8)9)3(15-13)5(10,11)12/h14H2/b2-1-,15-3?. The number of hydrogen-bond donors (Lipinski definition) is 1. The molecule has 0 aliphatic rings. The van der Waals surface area contributed by atoms with Crippen molar-refractivity contribution in [2.45, 2.75) is 12.4 Å². The van der Waals surface area contributed by atoms with Gasteiger partial charge in [0.1, 0.15) is 0 Å². The monoisotopic (exact) mass is 242 g/mol. The van der Waals surface area contributed by atoms with Crippen LogP contribution in [0.2, 0.25) is 0 Å². The van der Waals surface area contributed by atoms with Crippen molar-refractivity contribution in [1.29, 1.82) is 0 Å². The van der Waals surface area contributed by atoms with Gasteiger partial charge in [0.05, 0.1) is 0 Å². The van der Waals surface area contributed by atoms with Crippen LogP contribution in [-0.4, -0.2) is 18.1 Å². The maximum absolute atomic E-state index is 12.4. The van der Waals surface area contributed by atoms with E-state index in [-0.39, 0.29) is 0 Å². The van der Waals surface area contributed by atoms with E-state index in [1.165, 1.54) is 0 Å². The molecule has 0 fully saturated rings. The Kier molecular flexibility index (Phi) is 3.66. The van der Waals surface area contributed by atoms with Crippen molar-refractivity contribution in [2.75, 3.05) is 0 Å². The van der Waals surface area contributed by atoms with Crippen LogP contribution in [0.5, 0.6) is 0 Å². The zero-order valence-corrected chi connectivity index (χ0v) is 6.55. The summed E-state index contributed by atoms with van der Waals surface area (Å²) in [6, 6.07) is 0. The van der Waals surface area contributed by atoms with Crippen LogP contribution in [0.4, 0.5) is 35.2 Å². The van der Waals surface area contributed by atoms with Gasteiger partial charge in [-0.3, -0.25) is 0 Å². The molecule has 0 unspecified atom stereocenters. The Bertz CT molecular complexity index is 295. The Hall–Kier alpha value is -1.35. The molecule has 0 amide bonds. The number of alkyl halides is 6. The van der Waals surface area contributed by atoms with E-state index in [2.05, 4.69) is 5.73 Å². The molecular weight excluding hydrogens is 240 g/mol. The van der Waals surface area contributed by atoms with E-state index in [1.54, 1.807) is 0 Å². The van der Waals surface area contributed by atoms with Gasteiger partial charge in [0.15, 0.2) is 11.5 Å². The fraction of sp³-hybridized carbons (Fsp3) is 0.400. The van der Waals surface area contributed by atoms with Crippen LogP contribution in [-0.2, 0) is 0 Å². The van der Waals surface area contributed by atoms with Crippen LogP contribution in [0.15, 0.2) is 16.7 Å². The molecule has 0 bridgehead atoms. The first-order valence-electron chi connectivity index (χ1n) is 3.00. The first-order valence-corrected chi connectivity index (χ1v) is 3.00. The molecule has 0 aromatic heterocycles. The van der Waals surface area contributed by atoms with Gasteiger partial charge in [-0.1, -0.05) is 9.70 Å². The fourth-order valence-electron chi connectivity index (χ4n) is 0.461. The number of halogens is 8. The number of rotatable bonds is 1. The summed E-state index contributed by atoms with van der Waals surface area (Å²) in [6.45, 7) is 0. The van der Waals surface area contributed by atoms with Crippen LogP contribution in [0.25, 0.3) is 0 Å². The molecule has 2 N–H and O–H groups in total. The third-order valence-corrected chi connectivity index (χ3v) is 1.10. The van der Waals surface area contributed by atoms with Gasteiger partial charge in [-0.25, -0.2) is 4.39 Å². The number of nitrogens with two attached hydrogens (primary N) is 1. The number of hydrogen-bond acceptors (Lipinski definition) is 2. The minimum atomic E-state index is -5.70. The molecule has 0 spiro atoms. The molecule has 10 heteroatoms. The highest BCUT2D eigenvalue weighted by molar-refractivity contribution is 6.02. The zero-order valence-electron chi connectivity index (χ0n) is 6.55. The van der Waals surface area contributed by atoms with Gasteiger partial charge in [0.2, 0.25) is 5.71 Å². The summed E-state index contributed by atoms with van der Waals surface area (Å²) in [5.41, 5.74) is -1.66. The minimum Gasteiger partial charge on any atom is -0.392 e. The van der Waals surface area contributed by atoms with Gasteiger partial charge in [-0.05, 0) is 0 Å². The molecule has 0 atom stereocenters. The van der Waals surface area contributed by atoms with Crippen molar-refractivity contribution < 1.29 is 35.2 Å². The average molecular weight is 242 g/mol. The molecule has 0 aliphatic carbocycles. The second-order valence-corrected chi connectivity index (χ2v) is 2.16. The zero-order chi connectivity index (χ0) is 12.4. The lowest BCUT2D eigenvalue weighted by atomic mass is 10.2. The number of nitrogens with zero attached hydrogens (tertiary/aromatic N) is 1. The highest BCUT2D eigenvalue weighted by Gasteiger charge is 2.45. The molecular formula is C5H2F8N2. The normalized spacial score (nSPS) is 16.4. The lowest BCUT2D eigenvalue weighted by molar-refractivity contribution is -0.0948. The van der Waals surface area contributed by atoms with Crippen LogP contribution >= 0.6 is 0 Å². The molecule has 2 nitrogen and oxygen atoms in total. The third kappa shape index (κ3) is 3.36. The predicted octanol–water partition coefficient (Wildman–Crippen LogP) is 2.58. The summed E-state index contributed by atoms with van der Waals surface area (Å²) in [5.74, 6) is -3.00. The van der Waals surface area contributed by atoms with Crippen LogP contribution < -0.4 is 5.73 Å². The maximum Gasteiger partial charge on any atom is 0.438 e. The van der Waals surface area contributed by atoms with Crippen LogP contribution in [0.1, 0.15) is 0 Å². The lowest BCUT2D eigenvalue weighted by Crippen LogP contribution is -2.29. The van der Waals surface area contributed by atoms with Gasteiger partial charge in [-0.15, -0.1) is 0 Å². The van der Waals surface area contributed by atoms with Crippen molar-refractivity contribution in [3.8, 4) is 0 Å². The van der Waals surface area contributed by atoms with Crippen LogP contribution in [0, 0.1) is 0 Å². The predicted molar refractivity (Wildman–Crippen MR) is 33.0 cm³/mol. The average Bonchev–Trinajstić information content (AvgIpc) is 1.99. The largest absolute Gasteiger partial charge is 0.438 e. The van der Waals surface area contributed by atoms with Crippen molar-refractivity contribution in [1.82, 2.24) is 0 Å². The quantitative estimate of drug-likeness (QED) is 0.557. The molecule has 0 saturated heterocycles.